The maximum absolute atomic E-state index is 12.5. The Labute approximate surface area is 175 Å². The first kappa shape index (κ1) is 19.7. The van der Waals surface area contributed by atoms with Crippen LogP contribution in [0.2, 0.25) is 0 Å². The average molecular weight is 400 g/mol. The summed E-state index contributed by atoms with van der Waals surface area (Å²) in [4.78, 5) is 29.9. The first-order chi connectivity index (χ1) is 14.5. The first-order valence-electron chi connectivity index (χ1n) is 10.2. The standard InChI is InChI=1S/C24H24N4O2/c1-16-9-10-18(24(30)28-14-17(12-25)15-28)11-22(16)27-23(29)8-4-5-19-13-26-21-7-3-2-6-20(19)21/h2-3,6-7,9-11,13,17,26H,4-5,8,14-15H2,1H3,(H,27,29). The average Bonchev–Trinajstić information content (AvgIpc) is 3.12. The Morgan fingerprint density at radius 2 is 2.03 bits per heavy atom. The predicted octanol–water partition coefficient (Wildman–Crippen LogP) is 4.03. The third-order valence-corrected chi connectivity index (χ3v) is 5.63. The number of anilines is 1. The summed E-state index contributed by atoms with van der Waals surface area (Å²) >= 11 is 0. The number of aromatic nitrogens is 1. The molecular formula is C24H24N4O2. The lowest BCUT2D eigenvalue weighted by Crippen LogP contribution is -2.49. The van der Waals surface area contributed by atoms with Gasteiger partial charge in [-0.25, -0.2) is 0 Å². The Morgan fingerprint density at radius 3 is 2.83 bits per heavy atom. The summed E-state index contributed by atoms with van der Waals surface area (Å²) in [6.45, 7) is 2.85. The van der Waals surface area contributed by atoms with Gasteiger partial charge in [-0.2, -0.15) is 5.26 Å². The fraction of sp³-hybridized carbons (Fsp3) is 0.292. The fourth-order valence-electron chi connectivity index (χ4n) is 3.79. The predicted molar refractivity (Wildman–Crippen MR) is 116 cm³/mol. The van der Waals surface area contributed by atoms with E-state index in [4.69, 9.17) is 5.26 Å². The van der Waals surface area contributed by atoms with Crippen LogP contribution in [0.15, 0.2) is 48.7 Å². The van der Waals surface area contributed by atoms with E-state index in [0.29, 0.717) is 30.8 Å². The van der Waals surface area contributed by atoms with Gasteiger partial charge in [0.25, 0.3) is 5.91 Å². The van der Waals surface area contributed by atoms with E-state index in [9.17, 15) is 9.59 Å². The minimum Gasteiger partial charge on any atom is -0.361 e. The highest BCUT2D eigenvalue weighted by Crippen LogP contribution is 2.23. The number of rotatable bonds is 6. The van der Waals surface area contributed by atoms with E-state index in [1.165, 1.54) is 10.9 Å². The summed E-state index contributed by atoms with van der Waals surface area (Å²) < 4.78 is 0. The third-order valence-electron chi connectivity index (χ3n) is 5.63. The van der Waals surface area contributed by atoms with Crippen molar-refractivity contribution in [3.63, 3.8) is 0 Å². The molecule has 3 aromatic rings. The van der Waals surface area contributed by atoms with Crippen molar-refractivity contribution >= 4 is 28.4 Å². The molecule has 30 heavy (non-hydrogen) atoms. The van der Waals surface area contributed by atoms with Gasteiger partial charge >= 0.3 is 0 Å². The molecule has 0 saturated carbocycles. The first-order valence-corrected chi connectivity index (χ1v) is 10.2. The maximum atomic E-state index is 12.5. The van der Waals surface area contributed by atoms with Crippen molar-refractivity contribution in [3.8, 4) is 6.07 Å². The number of nitrogens with one attached hydrogen (secondary N) is 2. The van der Waals surface area contributed by atoms with Crippen molar-refractivity contribution in [2.24, 2.45) is 5.92 Å². The van der Waals surface area contributed by atoms with E-state index in [0.717, 1.165) is 23.9 Å². The molecule has 1 aromatic heterocycles. The summed E-state index contributed by atoms with van der Waals surface area (Å²) in [5.41, 5.74) is 4.43. The van der Waals surface area contributed by atoms with Crippen LogP contribution in [-0.2, 0) is 11.2 Å². The van der Waals surface area contributed by atoms with Crippen LogP contribution in [0.4, 0.5) is 5.69 Å². The lowest BCUT2D eigenvalue weighted by Gasteiger charge is -2.35. The van der Waals surface area contributed by atoms with E-state index in [2.05, 4.69) is 22.4 Å². The Kier molecular flexibility index (Phi) is 5.53. The fourth-order valence-corrected chi connectivity index (χ4v) is 3.79. The third kappa shape index (κ3) is 4.06. The molecule has 1 saturated heterocycles. The van der Waals surface area contributed by atoms with Gasteiger partial charge in [-0.15, -0.1) is 0 Å². The second kappa shape index (κ2) is 8.42. The van der Waals surface area contributed by atoms with E-state index in [1.807, 2.05) is 37.4 Å². The smallest absolute Gasteiger partial charge is 0.254 e. The summed E-state index contributed by atoms with van der Waals surface area (Å²) in [5, 5.41) is 13.0. The van der Waals surface area contributed by atoms with Gasteiger partial charge in [0.05, 0.1) is 12.0 Å². The number of likely N-dealkylation sites (tertiary alicyclic amines) is 1. The van der Waals surface area contributed by atoms with Gasteiger partial charge in [-0.3, -0.25) is 9.59 Å². The van der Waals surface area contributed by atoms with E-state index in [-0.39, 0.29) is 17.7 Å². The molecule has 0 aliphatic carbocycles. The van der Waals surface area contributed by atoms with Crippen molar-refractivity contribution < 1.29 is 9.59 Å². The number of H-pyrrole nitrogens is 1. The van der Waals surface area contributed by atoms with Crippen molar-refractivity contribution in [2.75, 3.05) is 18.4 Å². The molecule has 1 aliphatic heterocycles. The summed E-state index contributed by atoms with van der Waals surface area (Å²) in [5.74, 6) is -0.233. The molecule has 1 aliphatic rings. The molecule has 0 bridgehead atoms. The summed E-state index contributed by atoms with van der Waals surface area (Å²) in [7, 11) is 0. The van der Waals surface area contributed by atoms with Crippen LogP contribution in [0.3, 0.4) is 0 Å². The Balaban J connectivity index is 1.34. The lowest BCUT2D eigenvalue weighted by molar-refractivity contribution is -0.116. The zero-order valence-electron chi connectivity index (χ0n) is 16.9. The summed E-state index contributed by atoms with van der Waals surface area (Å²) in [6, 6.07) is 15.7. The SMILES string of the molecule is Cc1ccc(C(=O)N2CC(C#N)C2)cc1NC(=O)CCCc1c[nH]c2ccccc12. The van der Waals surface area contributed by atoms with Crippen molar-refractivity contribution in [3.05, 3.63) is 65.4 Å². The molecule has 4 rings (SSSR count). The molecule has 2 aromatic carbocycles. The van der Waals surface area contributed by atoms with Crippen LogP contribution in [-0.4, -0.2) is 34.8 Å². The number of carbonyl (C=O) groups is 2. The number of nitriles is 1. The Hall–Kier alpha value is -3.59. The molecule has 2 N–H and O–H groups in total. The highest BCUT2D eigenvalue weighted by molar-refractivity contribution is 5.98. The molecule has 1 fully saturated rings. The van der Waals surface area contributed by atoms with Crippen molar-refractivity contribution in [1.29, 1.82) is 5.26 Å². The molecule has 0 radical (unpaired) electrons. The summed E-state index contributed by atoms with van der Waals surface area (Å²) in [6.07, 6.45) is 3.99. The topological polar surface area (TPSA) is 89.0 Å². The van der Waals surface area contributed by atoms with Gasteiger partial charge in [0, 0.05) is 47.9 Å². The number of benzene rings is 2. The van der Waals surface area contributed by atoms with Crippen LogP contribution < -0.4 is 5.32 Å². The minimum absolute atomic E-state index is 0.0592. The number of nitrogens with zero attached hydrogens (tertiary/aromatic N) is 2. The van der Waals surface area contributed by atoms with Crippen LogP contribution in [0.25, 0.3) is 10.9 Å². The van der Waals surface area contributed by atoms with Crippen LogP contribution >= 0.6 is 0 Å². The zero-order chi connectivity index (χ0) is 21.1. The van der Waals surface area contributed by atoms with E-state index in [1.54, 1.807) is 17.0 Å². The van der Waals surface area contributed by atoms with Crippen LogP contribution in [0, 0.1) is 24.2 Å². The van der Waals surface area contributed by atoms with Gasteiger partial charge in [0.15, 0.2) is 0 Å². The zero-order valence-corrected chi connectivity index (χ0v) is 16.9. The molecular weight excluding hydrogens is 376 g/mol. The minimum atomic E-state index is -0.101. The molecule has 0 spiro atoms. The highest BCUT2D eigenvalue weighted by atomic mass is 16.2. The monoisotopic (exact) mass is 400 g/mol. The number of carbonyl (C=O) groups excluding carboxylic acids is 2. The maximum Gasteiger partial charge on any atom is 0.254 e. The Morgan fingerprint density at radius 1 is 1.23 bits per heavy atom. The Bertz CT molecular complexity index is 1140. The molecule has 6 nitrogen and oxygen atoms in total. The number of hydrogen-bond acceptors (Lipinski definition) is 3. The second-order valence-corrected chi connectivity index (χ2v) is 7.83. The number of fused-ring (bicyclic) bond motifs is 1. The van der Waals surface area contributed by atoms with Gasteiger partial charge in [-0.1, -0.05) is 24.3 Å². The second-order valence-electron chi connectivity index (χ2n) is 7.83. The largest absolute Gasteiger partial charge is 0.361 e. The van der Waals surface area contributed by atoms with E-state index >= 15 is 0 Å². The molecule has 6 heteroatoms. The van der Waals surface area contributed by atoms with Gasteiger partial charge < -0.3 is 15.2 Å². The van der Waals surface area contributed by atoms with Gasteiger partial charge in [0.2, 0.25) is 5.91 Å². The van der Waals surface area contributed by atoms with Crippen LogP contribution in [0.1, 0.15) is 34.3 Å². The number of para-hydroxylation sites is 1. The molecule has 2 heterocycles. The van der Waals surface area contributed by atoms with Crippen molar-refractivity contribution in [1.82, 2.24) is 9.88 Å². The molecule has 152 valence electrons. The van der Waals surface area contributed by atoms with E-state index < -0.39 is 0 Å². The van der Waals surface area contributed by atoms with Crippen molar-refractivity contribution in [2.45, 2.75) is 26.2 Å². The number of amides is 2. The number of aryl methyl sites for hydroxylation is 2. The van der Waals surface area contributed by atoms with Crippen LogP contribution in [0.5, 0.6) is 0 Å². The number of aromatic amines is 1. The normalized spacial score (nSPS) is 13.7. The van der Waals surface area contributed by atoms with Gasteiger partial charge in [-0.05, 0) is 49.1 Å². The number of hydrogen-bond donors (Lipinski definition) is 2. The molecule has 0 atom stereocenters. The molecule has 0 unspecified atom stereocenters. The van der Waals surface area contributed by atoms with Gasteiger partial charge in [0.1, 0.15) is 0 Å². The quantitative estimate of drug-likeness (QED) is 0.655. The lowest BCUT2D eigenvalue weighted by atomic mass is 10.00. The molecule has 2 amide bonds. The highest BCUT2D eigenvalue weighted by Gasteiger charge is 2.31.